The van der Waals surface area contributed by atoms with Crippen LogP contribution in [0.3, 0.4) is 0 Å². The molecule has 4 aromatic heterocycles. The standard InChI is InChI=1S/C31H27Cl3N8O2/c1-17-3-2-4-27(24-11-18(9-10-35-24)30-25(37-31(17)44)14-36-42(30)20-6-7-20)40-15-23(33)21(13-29(40)43)22-12-19(32)5-8-26(22)41-16-28(34)38-39-41/h5,8-17,20,27H,2-4,6-7H2,1H3,(H,37,44). The summed E-state index contributed by atoms with van der Waals surface area (Å²) in [6, 6.07) is 10.5. The van der Waals surface area contributed by atoms with Gasteiger partial charge in [0.25, 0.3) is 5.56 Å². The predicted molar refractivity (Wildman–Crippen MR) is 170 cm³/mol. The number of pyridine rings is 2. The number of nitrogens with one attached hydrogen (secondary N) is 1. The first-order valence-corrected chi connectivity index (χ1v) is 15.5. The van der Waals surface area contributed by atoms with Crippen LogP contribution in [0.2, 0.25) is 15.2 Å². The van der Waals surface area contributed by atoms with Crippen LogP contribution in [0.1, 0.15) is 56.8 Å². The summed E-state index contributed by atoms with van der Waals surface area (Å²) in [7, 11) is 0. The summed E-state index contributed by atoms with van der Waals surface area (Å²) in [5.74, 6) is -0.281. The van der Waals surface area contributed by atoms with E-state index in [4.69, 9.17) is 39.8 Å². The van der Waals surface area contributed by atoms with Crippen molar-refractivity contribution < 1.29 is 4.79 Å². The zero-order valence-corrected chi connectivity index (χ0v) is 25.9. The molecule has 1 saturated carbocycles. The lowest BCUT2D eigenvalue weighted by atomic mass is 9.96. The maximum Gasteiger partial charge on any atom is 0.251 e. The quantitative estimate of drug-likeness (QED) is 0.224. The number of nitrogens with zero attached hydrogens (tertiary/aromatic N) is 7. The van der Waals surface area contributed by atoms with E-state index in [1.54, 1.807) is 47.6 Å². The third kappa shape index (κ3) is 5.42. The molecule has 2 unspecified atom stereocenters. The lowest BCUT2D eigenvalue weighted by Gasteiger charge is -2.23. The highest BCUT2D eigenvalue weighted by atomic mass is 35.5. The van der Waals surface area contributed by atoms with Gasteiger partial charge in [-0.25, -0.2) is 4.68 Å². The SMILES string of the molecule is CC1CCCC(n2cc(Cl)c(-c3cc(Cl)ccc3-n3cc(Cl)nn3)cc2=O)c2cc(ccn2)-c2c(cnn2C2CC2)NC1=O. The highest BCUT2D eigenvalue weighted by Gasteiger charge is 2.30. The normalized spacial score (nSPS) is 18.7. The van der Waals surface area contributed by atoms with Crippen molar-refractivity contribution in [3.8, 4) is 28.1 Å². The maximum absolute atomic E-state index is 13.9. The van der Waals surface area contributed by atoms with Gasteiger partial charge in [-0.15, -0.1) is 5.10 Å². The number of fused-ring (bicyclic) bond motifs is 4. The van der Waals surface area contributed by atoms with Gasteiger partial charge < -0.3 is 9.88 Å². The van der Waals surface area contributed by atoms with Crippen LogP contribution in [-0.2, 0) is 4.79 Å². The molecule has 0 spiro atoms. The number of hydrogen-bond acceptors (Lipinski definition) is 6. The highest BCUT2D eigenvalue weighted by molar-refractivity contribution is 6.34. The Bertz CT molecular complexity index is 1960. The van der Waals surface area contributed by atoms with Crippen molar-refractivity contribution in [3.05, 3.63) is 92.4 Å². The van der Waals surface area contributed by atoms with Gasteiger partial charge in [-0.1, -0.05) is 53.4 Å². The van der Waals surface area contributed by atoms with E-state index >= 15 is 0 Å². The Hall–Kier alpha value is -3.99. The molecule has 44 heavy (non-hydrogen) atoms. The molecule has 2 atom stereocenters. The van der Waals surface area contributed by atoms with E-state index < -0.39 is 6.04 Å². The van der Waals surface area contributed by atoms with Gasteiger partial charge in [-0.3, -0.25) is 19.3 Å². The second-order valence-corrected chi connectivity index (χ2v) is 12.5. The van der Waals surface area contributed by atoms with Gasteiger partial charge >= 0.3 is 0 Å². The summed E-state index contributed by atoms with van der Waals surface area (Å²) < 4.78 is 5.13. The fraction of sp³-hybridized carbons (Fsp3) is 0.290. The minimum absolute atomic E-state index is 0.0523. The largest absolute Gasteiger partial charge is 0.323 e. The molecule has 1 amide bonds. The number of hydrogen-bond donors (Lipinski definition) is 1. The van der Waals surface area contributed by atoms with Crippen LogP contribution in [0, 0.1) is 5.92 Å². The van der Waals surface area contributed by atoms with E-state index in [0.717, 1.165) is 29.8 Å². The van der Waals surface area contributed by atoms with Crippen molar-refractivity contribution in [2.75, 3.05) is 5.32 Å². The summed E-state index contributed by atoms with van der Waals surface area (Å²) in [5.41, 5.74) is 4.58. The van der Waals surface area contributed by atoms with Crippen LogP contribution in [0.15, 0.2) is 66.0 Å². The van der Waals surface area contributed by atoms with E-state index in [9.17, 15) is 9.59 Å². The Balaban J connectivity index is 1.34. The first-order valence-electron chi connectivity index (χ1n) is 14.4. The lowest BCUT2D eigenvalue weighted by molar-refractivity contribution is -0.119. The monoisotopic (exact) mass is 648 g/mol. The van der Waals surface area contributed by atoms with Gasteiger partial charge in [0.1, 0.15) is 0 Å². The van der Waals surface area contributed by atoms with Gasteiger partial charge in [-0.05, 0) is 56.0 Å². The van der Waals surface area contributed by atoms with Gasteiger partial charge in [0, 0.05) is 46.1 Å². The second kappa shape index (κ2) is 11.5. The molecule has 1 N–H and O–H groups in total. The van der Waals surface area contributed by atoms with Crippen LogP contribution in [0.4, 0.5) is 5.69 Å². The average molecular weight is 650 g/mol. The third-order valence-corrected chi connectivity index (χ3v) is 8.94. The number of amides is 1. The number of rotatable bonds is 4. The van der Waals surface area contributed by atoms with Crippen LogP contribution < -0.4 is 10.9 Å². The van der Waals surface area contributed by atoms with E-state index in [0.29, 0.717) is 57.9 Å². The minimum Gasteiger partial charge on any atom is -0.323 e. The molecule has 1 aromatic carbocycles. The van der Waals surface area contributed by atoms with Crippen molar-refractivity contribution in [1.82, 2.24) is 34.3 Å². The first kappa shape index (κ1) is 28.8. The van der Waals surface area contributed by atoms with Crippen molar-refractivity contribution in [1.29, 1.82) is 0 Å². The van der Waals surface area contributed by atoms with Crippen LogP contribution >= 0.6 is 34.8 Å². The Kier molecular flexibility index (Phi) is 7.52. The summed E-state index contributed by atoms with van der Waals surface area (Å²) in [6.45, 7) is 1.92. The third-order valence-electron chi connectivity index (χ3n) is 8.23. The van der Waals surface area contributed by atoms with Gasteiger partial charge in [0.15, 0.2) is 5.15 Å². The molecule has 2 bridgehead atoms. The number of benzene rings is 1. The summed E-state index contributed by atoms with van der Waals surface area (Å²) in [6.07, 6.45) is 10.7. The summed E-state index contributed by atoms with van der Waals surface area (Å²) in [5, 5.41) is 16.7. The fourth-order valence-corrected chi connectivity index (χ4v) is 6.37. The van der Waals surface area contributed by atoms with Crippen LogP contribution in [0.25, 0.3) is 28.1 Å². The molecular formula is C31H27Cl3N8O2. The fourth-order valence-electron chi connectivity index (χ4n) is 5.81. The van der Waals surface area contributed by atoms with Crippen LogP contribution in [0.5, 0.6) is 0 Å². The molecule has 10 nitrogen and oxygen atoms in total. The van der Waals surface area contributed by atoms with Crippen molar-refractivity contribution in [2.24, 2.45) is 5.92 Å². The zero-order valence-electron chi connectivity index (χ0n) is 23.6. The average Bonchev–Trinajstić information content (AvgIpc) is 3.63. The van der Waals surface area contributed by atoms with Gasteiger partial charge in [0.2, 0.25) is 5.91 Å². The van der Waals surface area contributed by atoms with E-state index in [1.165, 1.54) is 10.7 Å². The summed E-state index contributed by atoms with van der Waals surface area (Å²) in [4.78, 5) is 31.8. The molecule has 5 heterocycles. The number of anilines is 1. The first-order chi connectivity index (χ1) is 21.3. The maximum atomic E-state index is 13.9. The van der Waals surface area contributed by atoms with Gasteiger partial charge in [-0.2, -0.15) is 5.10 Å². The van der Waals surface area contributed by atoms with Crippen molar-refractivity contribution >= 4 is 46.4 Å². The summed E-state index contributed by atoms with van der Waals surface area (Å²) >= 11 is 19.3. The molecular weight excluding hydrogens is 623 g/mol. The smallest absolute Gasteiger partial charge is 0.251 e. The topological polar surface area (TPSA) is 113 Å². The van der Waals surface area contributed by atoms with Crippen molar-refractivity contribution in [3.63, 3.8) is 0 Å². The number of aromatic nitrogens is 7. The van der Waals surface area contributed by atoms with Crippen LogP contribution in [-0.4, -0.2) is 40.2 Å². The molecule has 5 aromatic rings. The Labute approximate surface area is 267 Å². The predicted octanol–water partition coefficient (Wildman–Crippen LogP) is 7.00. The molecule has 1 aliphatic heterocycles. The molecule has 13 heteroatoms. The van der Waals surface area contributed by atoms with Gasteiger partial charge in [0.05, 0.1) is 52.3 Å². The molecule has 2 aliphatic rings. The zero-order chi connectivity index (χ0) is 30.5. The number of halogens is 3. The lowest BCUT2D eigenvalue weighted by Crippen LogP contribution is -2.26. The molecule has 224 valence electrons. The Morgan fingerprint density at radius 2 is 1.80 bits per heavy atom. The second-order valence-electron chi connectivity index (χ2n) is 11.3. The molecule has 0 radical (unpaired) electrons. The molecule has 1 fully saturated rings. The molecule has 7 rings (SSSR count). The molecule has 0 saturated heterocycles. The van der Waals surface area contributed by atoms with E-state index in [-0.39, 0.29) is 22.5 Å². The number of carbonyl (C=O) groups excluding carboxylic acids is 1. The minimum atomic E-state index is -0.419. The van der Waals surface area contributed by atoms with Crippen molar-refractivity contribution in [2.45, 2.75) is 51.1 Å². The molecule has 1 aliphatic carbocycles. The highest BCUT2D eigenvalue weighted by Crippen LogP contribution is 2.42. The Morgan fingerprint density at radius 1 is 0.955 bits per heavy atom. The van der Waals surface area contributed by atoms with E-state index in [1.807, 2.05) is 23.7 Å². The number of carbonyl (C=O) groups is 1. The van der Waals surface area contributed by atoms with E-state index in [2.05, 4.69) is 20.7 Å². The Morgan fingerprint density at radius 3 is 2.57 bits per heavy atom.